The molecule has 0 spiro atoms. The van der Waals surface area contributed by atoms with Gasteiger partial charge in [-0.3, -0.25) is 4.79 Å². The van der Waals surface area contributed by atoms with Crippen molar-refractivity contribution in [2.45, 2.75) is 12.2 Å². The summed E-state index contributed by atoms with van der Waals surface area (Å²) >= 11 is 0. The van der Waals surface area contributed by atoms with E-state index in [4.69, 9.17) is 5.26 Å². The lowest BCUT2D eigenvalue weighted by molar-refractivity contribution is -0.167. The second kappa shape index (κ2) is 5.46. The van der Waals surface area contributed by atoms with Crippen molar-refractivity contribution in [1.82, 2.24) is 0 Å². The molecule has 0 aromatic rings. The van der Waals surface area contributed by atoms with Gasteiger partial charge >= 0.3 is 17.9 Å². The number of ether oxygens (including phenoxy) is 3. The molecule has 98 valence electrons. The minimum atomic E-state index is -1.48. The van der Waals surface area contributed by atoms with Crippen molar-refractivity contribution in [1.29, 1.82) is 5.26 Å². The third-order valence-electron chi connectivity index (χ3n) is 2.57. The summed E-state index contributed by atoms with van der Waals surface area (Å²) in [6.07, 6.45) is -2.54. The van der Waals surface area contributed by atoms with E-state index in [1.807, 2.05) is 0 Å². The van der Waals surface area contributed by atoms with Crippen molar-refractivity contribution >= 4 is 17.9 Å². The number of nitriles is 1. The van der Waals surface area contributed by atoms with Crippen LogP contribution in [0.1, 0.15) is 0 Å². The number of methoxy groups -OCH3 is 2. The van der Waals surface area contributed by atoms with E-state index in [0.717, 1.165) is 14.2 Å². The van der Waals surface area contributed by atoms with Crippen LogP contribution in [0.25, 0.3) is 0 Å². The lowest BCUT2D eigenvalue weighted by Gasteiger charge is -2.02. The van der Waals surface area contributed by atoms with E-state index < -0.39 is 42.0 Å². The smallest absolute Gasteiger partial charge is 0.417 e. The monoisotopic (exact) mass is 257 g/mol. The summed E-state index contributed by atoms with van der Waals surface area (Å²) in [6, 6.07) is 1.52. The molecule has 1 rings (SSSR count). The van der Waals surface area contributed by atoms with Crippen LogP contribution in [-0.2, 0) is 28.6 Å². The molecule has 18 heavy (non-hydrogen) atoms. The molecule has 1 fully saturated rings. The summed E-state index contributed by atoms with van der Waals surface area (Å²) in [5, 5.41) is 17.9. The van der Waals surface area contributed by atoms with Crippen molar-refractivity contribution in [2.24, 2.45) is 11.8 Å². The second-order valence-electron chi connectivity index (χ2n) is 3.56. The minimum absolute atomic E-state index is 0.725. The van der Waals surface area contributed by atoms with Gasteiger partial charge in [-0.05, 0) is 0 Å². The highest BCUT2D eigenvalue weighted by Crippen LogP contribution is 2.45. The third-order valence-corrected chi connectivity index (χ3v) is 2.57. The zero-order chi connectivity index (χ0) is 13.9. The third kappa shape index (κ3) is 2.57. The van der Waals surface area contributed by atoms with Crippen LogP contribution >= 0.6 is 0 Å². The highest BCUT2D eigenvalue weighted by molar-refractivity contribution is 6.29. The quantitative estimate of drug-likeness (QED) is 0.277. The van der Waals surface area contributed by atoms with E-state index in [0.29, 0.717) is 0 Å². The van der Waals surface area contributed by atoms with Crippen LogP contribution in [0.4, 0.5) is 0 Å². The maximum Gasteiger partial charge on any atom is 0.417 e. The highest BCUT2D eigenvalue weighted by atomic mass is 16.6. The van der Waals surface area contributed by atoms with Crippen LogP contribution in [-0.4, -0.2) is 49.4 Å². The fourth-order valence-corrected chi connectivity index (χ4v) is 1.60. The van der Waals surface area contributed by atoms with Crippen LogP contribution in [0.5, 0.6) is 0 Å². The molecule has 0 radical (unpaired) electrons. The Hall–Kier alpha value is -2.14. The van der Waals surface area contributed by atoms with Gasteiger partial charge in [0.2, 0.25) is 0 Å². The van der Waals surface area contributed by atoms with Gasteiger partial charge in [0.05, 0.1) is 26.2 Å². The van der Waals surface area contributed by atoms with Crippen molar-refractivity contribution in [3.63, 3.8) is 0 Å². The lowest BCUT2D eigenvalue weighted by Crippen LogP contribution is -2.22. The van der Waals surface area contributed by atoms with Crippen LogP contribution in [0.3, 0.4) is 0 Å². The molecule has 1 aliphatic carbocycles. The normalized spacial score (nSPS) is 26.4. The SMILES string of the molecule is COC(=O)C(=O)O[C@H]1[C@H](C(=O)OC)[C@H]1[C@@H](O)C#N. The van der Waals surface area contributed by atoms with Crippen molar-refractivity contribution in [3.05, 3.63) is 0 Å². The summed E-state index contributed by atoms with van der Waals surface area (Å²) in [7, 11) is 2.12. The number of hydrogen-bond acceptors (Lipinski definition) is 8. The number of rotatable bonds is 3. The van der Waals surface area contributed by atoms with Crippen molar-refractivity contribution < 1.29 is 33.7 Å². The number of carbonyl (C=O) groups excluding carboxylic acids is 3. The first-order valence-corrected chi connectivity index (χ1v) is 4.92. The Labute approximate surface area is 102 Å². The molecule has 0 aromatic carbocycles. The molecule has 0 bridgehead atoms. The van der Waals surface area contributed by atoms with Crippen LogP contribution < -0.4 is 0 Å². The van der Waals surface area contributed by atoms with Crippen LogP contribution in [0.2, 0.25) is 0 Å². The number of hydrogen-bond donors (Lipinski definition) is 1. The van der Waals surface area contributed by atoms with Crippen molar-refractivity contribution in [3.8, 4) is 6.07 Å². The second-order valence-corrected chi connectivity index (χ2v) is 3.56. The molecule has 0 aliphatic heterocycles. The molecule has 4 atom stereocenters. The predicted molar refractivity (Wildman–Crippen MR) is 52.5 cm³/mol. The van der Waals surface area contributed by atoms with Gasteiger partial charge in [-0.1, -0.05) is 0 Å². The summed E-state index contributed by atoms with van der Waals surface area (Å²) in [5.74, 6) is -5.08. The Kier molecular flexibility index (Phi) is 4.23. The first-order chi connectivity index (χ1) is 8.47. The highest BCUT2D eigenvalue weighted by Gasteiger charge is 2.62. The Bertz CT molecular complexity index is 413. The standard InChI is InChI=1S/C10H11NO7/c1-16-8(13)6-5(4(12)3-11)7(6)18-10(15)9(14)17-2/h4-7,12H,1-2H3/t4-,5+,6+,7+/m0/s1. The molecule has 8 heteroatoms. The molecule has 0 aromatic heterocycles. The first-order valence-electron chi connectivity index (χ1n) is 4.92. The molecule has 0 saturated heterocycles. The van der Waals surface area contributed by atoms with Gasteiger partial charge in [0, 0.05) is 0 Å². The molecule has 0 heterocycles. The van der Waals surface area contributed by atoms with Gasteiger partial charge in [-0.15, -0.1) is 0 Å². The molecule has 0 amide bonds. The Balaban J connectivity index is 2.70. The molecule has 0 unspecified atom stereocenters. The number of aliphatic hydroxyl groups excluding tert-OH is 1. The predicted octanol–water partition coefficient (Wildman–Crippen LogP) is -1.63. The zero-order valence-corrected chi connectivity index (χ0v) is 9.65. The van der Waals surface area contributed by atoms with Gasteiger partial charge in [0.15, 0.2) is 0 Å². The van der Waals surface area contributed by atoms with E-state index >= 15 is 0 Å². The van der Waals surface area contributed by atoms with Gasteiger partial charge in [0.1, 0.15) is 18.1 Å². The minimum Gasteiger partial charge on any atom is -0.469 e. The van der Waals surface area contributed by atoms with Crippen LogP contribution in [0, 0.1) is 23.2 Å². The molecule has 1 aliphatic rings. The Morgan fingerprint density at radius 2 is 1.83 bits per heavy atom. The van der Waals surface area contributed by atoms with Gasteiger partial charge in [-0.25, -0.2) is 9.59 Å². The largest absolute Gasteiger partial charge is 0.469 e. The summed E-state index contributed by atoms with van der Waals surface area (Å²) in [5.41, 5.74) is 0. The Morgan fingerprint density at radius 1 is 1.22 bits per heavy atom. The van der Waals surface area contributed by atoms with E-state index in [9.17, 15) is 19.5 Å². The maximum atomic E-state index is 11.3. The average molecular weight is 257 g/mol. The lowest BCUT2D eigenvalue weighted by atomic mass is 10.2. The maximum absolute atomic E-state index is 11.3. The summed E-state index contributed by atoms with van der Waals surface area (Å²) in [6.45, 7) is 0. The fraction of sp³-hybridized carbons (Fsp3) is 0.600. The summed E-state index contributed by atoms with van der Waals surface area (Å²) < 4.78 is 13.2. The fourth-order valence-electron chi connectivity index (χ4n) is 1.60. The number of aliphatic hydroxyl groups is 1. The van der Waals surface area contributed by atoms with Crippen LogP contribution in [0.15, 0.2) is 0 Å². The topological polar surface area (TPSA) is 123 Å². The molecule has 1 saturated carbocycles. The Morgan fingerprint density at radius 3 is 2.28 bits per heavy atom. The van der Waals surface area contributed by atoms with E-state index in [1.54, 1.807) is 0 Å². The van der Waals surface area contributed by atoms with Gasteiger partial charge in [-0.2, -0.15) is 5.26 Å². The van der Waals surface area contributed by atoms with Gasteiger partial charge < -0.3 is 19.3 Å². The van der Waals surface area contributed by atoms with E-state index in [2.05, 4.69) is 14.2 Å². The van der Waals surface area contributed by atoms with E-state index in [-0.39, 0.29) is 0 Å². The zero-order valence-electron chi connectivity index (χ0n) is 9.65. The average Bonchev–Trinajstić information content (AvgIpc) is 3.09. The summed E-state index contributed by atoms with van der Waals surface area (Å²) in [4.78, 5) is 33.2. The van der Waals surface area contributed by atoms with Crippen molar-refractivity contribution in [2.75, 3.05) is 14.2 Å². The van der Waals surface area contributed by atoms with E-state index in [1.165, 1.54) is 6.07 Å². The molecule has 8 nitrogen and oxygen atoms in total. The number of carbonyl (C=O) groups is 3. The molecular weight excluding hydrogens is 246 g/mol. The van der Waals surface area contributed by atoms with Gasteiger partial charge in [0.25, 0.3) is 0 Å². The molecule has 1 N–H and O–H groups in total. The molecular formula is C10H11NO7. The number of nitrogens with zero attached hydrogens (tertiary/aromatic N) is 1. The number of esters is 3. The first kappa shape index (κ1) is 13.9.